The molecule has 2 aromatic rings. The van der Waals surface area contributed by atoms with E-state index in [1.165, 1.54) is 6.07 Å². The van der Waals surface area contributed by atoms with Crippen LogP contribution in [0.15, 0.2) is 16.9 Å². The summed E-state index contributed by atoms with van der Waals surface area (Å²) in [7, 11) is 0. The van der Waals surface area contributed by atoms with E-state index in [0.717, 1.165) is 12.5 Å². The molecule has 2 heterocycles. The van der Waals surface area contributed by atoms with Crippen LogP contribution in [0.3, 0.4) is 0 Å². The molecular weight excluding hydrogens is 319 g/mol. The van der Waals surface area contributed by atoms with Crippen LogP contribution in [0.1, 0.15) is 36.0 Å². The number of nitrogens with one attached hydrogen (secondary N) is 1. The number of aromatic nitrogens is 2. The summed E-state index contributed by atoms with van der Waals surface area (Å²) in [5.74, 6) is -3.17. The van der Waals surface area contributed by atoms with Crippen molar-refractivity contribution in [2.75, 3.05) is 6.54 Å². The molecule has 1 aliphatic rings. The number of H-pyrrole nitrogens is 1. The third-order valence-corrected chi connectivity index (χ3v) is 4.20. The minimum absolute atomic E-state index is 0.0935. The first-order chi connectivity index (χ1) is 11.5. The molecule has 0 fully saturated rings. The van der Waals surface area contributed by atoms with Gasteiger partial charge < -0.3 is 4.98 Å². The topological polar surface area (TPSA) is 49.0 Å². The van der Waals surface area contributed by atoms with Crippen molar-refractivity contribution < 1.29 is 13.2 Å². The van der Waals surface area contributed by atoms with Crippen LogP contribution in [0.4, 0.5) is 13.2 Å². The summed E-state index contributed by atoms with van der Waals surface area (Å²) >= 11 is 0. The number of nitrogens with zero attached hydrogens (tertiary/aromatic N) is 2. The predicted molar refractivity (Wildman–Crippen MR) is 83.0 cm³/mol. The van der Waals surface area contributed by atoms with Gasteiger partial charge in [0, 0.05) is 37.2 Å². The molecule has 1 N–H and O–H groups in total. The maximum Gasteiger partial charge on any atom is 0.254 e. The second kappa shape index (κ2) is 6.76. The second-order valence-electron chi connectivity index (χ2n) is 5.98. The number of benzene rings is 1. The summed E-state index contributed by atoms with van der Waals surface area (Å²) in [6, 6.07) is 2.17. The van der Waals surface area contributed by atoms with Crippen molar-refractivity contribution in [1.82, 2.24) is 14.9 Å². The molecule has 1 aromatic heterocycles. The number of rotatable bonds is 4. The third kappa shape index (κ3) is 3.21. The molecule has 4 nitrogen and oxygen atoms in total. The van der Waals surface area contributed by atoms with Crippen LogP contribution in [0.5, 0.6) is 0 Å². The summed E-state index contributed by atoms with van der Waals surface area (Å²) in [6.07, 6.45) is 2.04. The average molecular weight is 337 g/mol. The maximum absolute atomic E-state index is 13.8. The van der Waals surface area contributed by atoms with Gasteiger partial charge >= 0.3 is 0 Å². The highest BCUT2D eigenvalue weighted by molar-refractivity contribution is 5.23. The lowest BCUT2D eigenvalue weighted by Gasteiger charge is -2.27. The number of aryl methyl sites for hydroxylation is 1. The van der Waals surface area contributed by atoms with Gasteiger partial charge in [0.25, 0.3) is 5.56 Å². The Balaban J connectivity index is 1.82. The Morgan fingerprint density at radius 1 is 1.25 bits per heavy atom. The third-order valence-electron chi connectivity index (χ3n) is 4.20. The van der Waals surface area contributed by atoms with Crippen LogP contribution in [0, 0.1) is 17.5 Å². The van der Waals surface area contributed by atoms with Gasteiger partial charge in [-0.3, -0.25) is 9.69 Å². The molecule has 0 unspecified atom stereocenters. The van der Waals surface area contributed by atoms with Gasteiger partial charge in [-0.1, -0.05) is 13.0 Å². The van der Waals surface area contributed by atoms with E-state index in [4.69, 9.17) is 0 Å². The van der Waals surface area contributed by atoms with E-state index in [1.807, 2.05) is 11.8 Å². The maximum atomic E-state index is 13.8. The Hall–Kier alpha value is -2.15. The molecule has 0 radical (unpaired) electrons. The standard InChI is InChI=1S/C17H18F3N3O/c1-2-3-14-21-13-9-23(7-6-11(13)17(24)22-14)8-10-4-5-12(18)16(20)15(10)19/h4-5H,2-3,6-9H2,1H3,(H,21,22,24). The largest absolute Gasteiger partial charge is 0.310 e. The quantitative estimate of drug-likeness (QED) is 0.873. The number of halogens is 3. The van der Waals surface area contributed by atoms with Crippen molar-refractivity contribution in [3.63, 3.8) is 0 Å². The Morgan fingerprint density at radius 3 is 2.79 bits per heavy atom. The number of aromatic amines is 1. The van der Waals surface area contributed by atoms with E-state index in [2.05, 4.69) is 9.97 Å². The Kier molecular flexibility index (Phi) is 4.71. The van der Waals surface area contributed by atoms with E-state index >= 15 is 0 Å². The molecule has 0 atom stereocenters. The highest BCUT2D eigenvalue weighted by atomic mass is 19.2. The van der Waals surface area contributed by atoms with Crippen molar-refractivity contribution in [3.05, 3.63) is 62.6 Å². The Bertz CT molecular complexity index is 819. The van der Waals surface area contributed by atoms with E-state index in [-0.39, 0.29) is 17.7 Å². The monoisotopic (exact) mass is 337 g/mol. The van der Waals surface area contributed by atoms with E-state index in [1.54, 1.807) is 0 Å². The van der Waals surface area contributed by atoms with Crippen molar-refractivity contribution >= 4 is 0 Å². The number of hydrogen-bond donors (Lipinski definition) is 1. The fourth-order valence-electron chi connectivity index (χ4n) is 2.96. The molecule has 24 heavy (non-hydrogen) atoms. The van der Waals surface area contributed by atoms with Crippen molar-refractivity contribution in [3.8, 4) is 0 Å². The van der Waals surface area contributed by atoms with Crippen molar-refractivity contribution in [2.45, 2.75) is 39.3 Å². The highest BCUT2D eigenvalue weighted by Crippen LogP contribution is 2.20. The van der Waals surface area contributed by atoms with Gasteiger partial charge in [0.05, 0.1) is 5.69 Å². The molecule has 0 bridgehead atoms. The Labute approximate surface area is 137 Å². The minimum atomic E-state index is -1.45. The summed E-state index contributed by atoms with van der Waals surface area (Å²) < 4.78 is 40.2. The average Bonchev–Trinajstić information content (AvgIpc) is 2.55. The fourth-order valence-corrected chi connectivity index (χ4v) is 2.96. The zero-order valence-corrected chi connectivity index (χ0v) is 13.3. The summed E-state index contributed by atoms with van der Waals surface area (Å²) in [6.45, 7) is 3.05. The molecule has 7 heteroatoms. The first-order valence-electron chi connectivity index (χ1n) is 7.95. The van der Waals surface area contributed by atoms with E-state index in [9.17, 15) is 18.0 Å². The number of fused-ring (bicyclic) bond motifs is 1. The first kappa shape index (κ1) is 16.7. The Morgan fingerprint density at radius 2 is 2.04 bits per heavy atom. The van der Waals surface area contributed by atoms with Gasteiger partial charge in [-0.05, 0) is 18.9 Å². The molecule has 0 aliphatic carbocycles. The van der Waals surface area contributed by atoms with Crippen LogP contribution >= 0.6 is 0 Å². The summed E-state index contributed by atoms with van der Waals surface area (Å²) in [5, 5.41) is 0. The summed E-state index contributed by atoms with van der Waals surface area (Å²) in [5.41, 5.74) is 1.30. The van der Waals surface area contributed by atoms with Crippen LogP contribution in [-0.2, 0) is 25.9 Å². The molecule has 0 saturated carbocycles. The second-order valence-corrected chi connectivity index (χ2v) is 5.98. The molecule has 1 aromatic carbocycles. The van der Waals surface area contributed by atoms with Crippen LogP contribution in [0.25, 0.3) is 0 Å². The van der Waals surface area contributed by atoms with Gasteiger partial charge in [-0.25, -0.2) is 18.2 Å². The molecular formula is C17H18F3N3O. The van der Waals surface area contributed by atoms with Gasteiger partial charge in [0.2, 0.25) is 0 Å². The lowest BCUT2D eigenvalue weighted by atomic mass is 10.0. The smallest absolute Gasteiger partial charge is 0.254 e. The summed E-state index contributed by atoms with van der Waals surface area (Å²) in [4.78, 5) is 21.2. The number of hydrogen-bond acceptors (Lipinski definition) is 3. The van der Waals surface area contributed by atoms with E-state index in [0.29, 0.717) is 43.0 Å². The van der Waals surface area contributed by atoms with Gasteiger partial charge in [0.15, 0.2) is 17.5 Å². The van der Waals surface area contributed by atoms with E-state index < -0.39 is 17.5 Å². The van der Waals surface area contributed by atoms with Gasteiger partial charge in [-0.2, -0.15) is 0 Å². The SMILES string of the molecule is CCCc1nc2c(c(=O)[nH]1)CCN(Cc1ccc(F)c(F)c1F)C2. The first-order valence-corrected chi connectivity index (χ1v) is 7.95. The normalized spacial score (nSPS) is 14.7. The lowest BCUT2D eigenvalue weighted by molar-refractivity contribution is 0.235. The predicted octanol–water partition coefficient (Wildman–Crippen LogP) is 2.70. The molecule has 1 aliphatic heterocycles. The minimum Gasteiger partial charge on any atom is -0.310 e. The zero-order valence-electron chi connectivity index (χ0n) is 13.3. The van der Waals surface area contributed by atoms with Crippen LogP contribution in [0.2, 0.25) is 0 Å². The molecule has 3 rings (SSSR count). The lowest BCUT2D eigenvalue weighted by Crippen LogP contribution is -2.35. The van der Waals surface area contributed by atoms with Crippen molar-refractivity contribution in [2.24, 2.45) is 0 Å². The zero-order chi connectivity index (χ0) is 17.3. The molecule has 0 spiro atoms. The van der Waals surface area contributed by atoms with Crippen LogP contribution in [-0.4, -0.2) is 21.4 Å². The highest BCUT2D eigenvalue weighted by Gasteiger charge is 2.23. The van der Waals surface area contributed by atoms with Gasteiger partial charge in [0.1, 0.15) is 5.82 Å². The molecule has 0 saturated heterocycles. The fraction of sp³-hybridized carbons (Fsp3) is 0.412. The van der Waals surface area contributed by atoms with Crippen LogP contribution < -0.4 is 5.56 Å². The molecule has 0 amide bonds. The van der Waals surface area contributed by atoms with Gasteiger partial charge in [-0.15, -0.1) is 0 Å². The van der Waals surface area contributed by atoms with Crippen molar-refractivity contribution in [1.29, 1.82) is 0 Å². The molecule has 128 valence electrons.